The van der Waals surface area contributed by atoms with Crippen molar-refractivity contribution in [3.8, 4) is 0 Å². The fourth-order valence-corrected chi connectivity index (χ4v) is 2.21. The Morgan fingerprint density at radius 3 is 1.56 bits per heavy atom. The molecule has 0 aromatic heterocycles. The van der Waals surface area contributed by atoms with E-state index in [-0.39, 0.29) is 0 Å². The van der Waals surface area contributed by atoms with E-state index in [1.165, 1.54) is 6.92 Å². The van der Waals surface area contributed by atoms with E-state index in [0.717, 1.165) is 6.92 Å². The molecule has 0 aromatic rings. The molecule has 162 valence electrons. The summed E-state index contributed by atoms with van der Waals surface area (Å²) in [5, 5.41) is 8.83. The molecule has 0 rings (SSSR count). The van der Waals surface area contributed by atoms with Crippen LogP contribution in [0.5, 0.6) is 0 Å². The number of allylic oxidation sites excluding steroid dienone is 2. The van der Waals surface area contributed by atoms with Crippen molar-refractivity contribution < 1.29 is 53.4 Å². The first kappa shape index (κ1) is 25.9. The van der Waals surface area contributed by atoms with Gasteiger partial charge in [-0.1, -0.05) is 20.8 Å². The van der Waals surface area contributed by atoms with Gasteiger partial charge in [0.1, 0.15) is 0 Å². The third-order valence-corrected chi connectivity index (χ3v) is 4.53. The molecule has 0 bridgehead atoms. The first-order valence-corrected chi connectivity index (χ1v) is 7.70. The Labute approximate surface area is 148 Å². The fourth-order valence-electron chi connectivity index (χ4n) is 2.21. The molecule has 0 amide bonds. The second kappa shape index (κ2) is 7.75. The van der Waals surface area contributed by atoms with E-state index in [1.807, 2.05) is 0 Å². The molecule has 1 unspecified atom stereocenters. The number of hydrogen-bond donors (Lipinski definition) is 1. The van der Waals surface area contributed by atoms with E-state index in [0.29, 0.717) is 6.92 Å². The SMILES string of the molecule is CC/C(=C\C(F)(F)C(C)(CC)CCO)C(F)(F)C(F)(F)C(F)(F)C(F)(F)F. The summed E-state index contributed by atoms with van der Waals surface area (Å²) in [6.45, 7) is 1.81. The number of hydrogen-bond acceptors (Lipinski definition) is 1. The quantitative estimate of drug-likeness (QED) is 0.344. The Balaban J connectivity index is 6.40. The lowest BCUT2D eigenvalue weighted by molar-refractivity contribution is -0.390. The van der Waals surface area contributed by atoms with Gasteiger partial charge >= 0.3 is 23.9 Å². The predicted molar refractivity (Wildman–Crippen MR) is 74.3 cm³/mol. The first-order chi connectivity index (χ1) is 11.8. The van der Waals surface area contributed by atoms with Crippen LogP contribution in [0, 0.1) is 5.41 Å². The van der Waals surface area contributed by atoms with E-state index in [4.69, 9.17) is 5.11 Å². The van der Waals surface area contributed by atoms with E-state index < -0.39 is 72.8 Å². The third-order valence-electron chi connectivity index (χ3n) is 4.53. The van der Waals surface area contributed by atoms with Gasteiger partial charge in [-0.3, -0.25) is 0 Å². The summed E-state index contributed by atoms with van der Waals surface area (Å²) in [5.74, 6) is -24.7. The standard InChI is InChI=1S/C15H19F11O/c1-4-9(8-11(16,17)10(3,5-2)6-7-27)12(18,19)13(20,21)14(22,23)15(24,25)26/h8,27H,4-7H2,1-3H3/b9-8+. The van der Waals surface area contributed by atoms with Crippen LogP contribution in [0.25, 0.3) is 0 Å². The zero-order valence-corrected chi connectivity index (χ0v) is 14.5. The average molecular weight is 424 g/mol. The smallest absolute Gasteiger partial charge is 0.396 e. The molecule has 0 heterocycles. The molecule has 0 aromatic carbocycles. The number of rotatable bonds is 9. The second-order valence-electron chi connectivity index (χ2n) is 6.25. The molecule has 0 saturated heterocycles. The summed E-state index contributed by atoms with van der Waals surface area (Å²) < 4.78 is 146. The van der Waals surface area contributed by atoms with Crippen molar-refractivity contribution in [3.05, 3.63) is 11.6 Å². The van der Waals surface area contributed by atoms with Crippen LogP contribution in [0.1, 0.15) is 40.0 Å². The molecular formula is C15H19F11O. The van der Waals surface area contributed by atoms with Gasteiger partial charge in [0.25, 0.3) is 5.92 Å². The van der Waals surface area contributed by atoms with Gasteiger partial charge in [-0.05, 0) is 25.3 Å². The van der Waals surface area contributed by atoms with Crippen LogP contribution >= 0.6 is 0 Å². The Kier molecular flexibility index (Phi) is 7.44. The lowest BCUT2D eigenvalue weighted by Crippen LogP contribution is -2.61. The summed E-state index contributed by atoms with van der Waals surface area (Å²) >= 11 is 0. The van der Waals surface area contributed by atoms with Crippen molar-refractivity contribution in [2.45, 2.75) is 69.9 Å². The van der Waals surface area contributed by atoms with E-state index in [1.54, 1.807) is 0 Å². The van der Waals surface area contributed by atoms with Gasteiger partial charge in [0, 0.05) is 17.6 Å². The monoisotopic (exact) mass is 424 g/mol. The second-order valence-corrected chi connectivity index (χ2v) is 6.25. The van der Waals surface area contributed by atoms with Gasteiger partial charge in [0.05, 0.1) is 0 Å². The van der Waals surface area contributed by atoms with Gasteiger partial charge in [-0.2, -0.15) is 39.5 Å². The molecule has 1 N–H and O–H groups in total. The van der Waals surface area contributed by atoms with Gasteiger partial charge in [-0.25, -0.2) is 8.78 Å². The van der Waals surface area contributed by atoms with Crippen LogP contribution in [-0.2, 0) is 0 Å². The van der Waals surface area contributed by atoms with Gasteiger partial charge in [0.2, 0.25) is 0 Å². The first-order valence-electron chi connectivity index (χ1n) is 7.70. The summed E-state index contributed by atoms with van der Waals surface area (Å²) in [4.78, 5) is 0. The maximum Gasteiger partial charge on any atom is 0.460 e. The molecule has 0 radical (unpaired) electrons. The van der Waals surface area contributed by atoms with Crippen LogP contribution in [0.15, 0.2) is 11.6 Å². The van der Waals surface area contributed by atoms with Crippen LogP contribution in [-0.4, -0.2) is 41.6 Å². The van der Waals surface area contributed by atoms with Crippen LogP contribution < -0.4 is 0 Å². The molecular weight excluding hydrogens is 405 g/mol. The zero-order chi connectivity index (χ0) is 22.1. The maximum absolute atomic E-state index is 14.4. The lowest BCUT2D eigenvalue weighted by Gasteiger charge is -2.38. The van der Waals surface area contributed by atoms with Crippen molar-refractivity contribution >= 4 is 0 Å². The molecule has 0 aliphatic rings. The highest BCUT2D eigenvalue weighted by molar-refractivity contribution is 5.24. The number of aliphatic hydroxyl groups excluding tert-OH is 1. The third kappa shape index (κ3) is 4.34. The molecule has 0 saturated carbocycles. The van der Waals surface area contributed by atoms with Crippen molar-refractivity contribution in [1.82, 2.24) is 0 Å². The highest BCUT2D eigenvalue weighted by atomic mass is 19.4. The predicted octanol–water partition coefficient (Wildman–Crippen LogP) is 6.23. The van der Waals surface area contributed by atoms with Crippen molar-refractivity contribution in [3.63, 3.8) is 0 Å². The average Bonchev–Trinajstić information content (AvgIpc) is 2.50. The zero-order valence-electron chi connectivity index (χ0n) is 14.5. The van der Waals surface area contributed by atoms with Crippen LogP contribution in [0.4, 0.5) is 48.3 Å². The molecule has 0 aliphatic carbocycles. The van der Waals surface area contributed by atoms with E-state index in [9.17, 15) is 48.3 Å². The fraction of sp³-hybridized carbons (Fsp3) is 0.867. The van der Waals surface area contributed by atoms with Crippen LogP contribution in [0.2, 0.25) is 0 Å². The molecule has 12 heteroatoms. The van der Waals surface area contributed by atoms with Gasteiger partial charge in [0.15, 0.2) is 0 Å². The number of alkyl halides is 11. The topological polar surface area (TPSA) is 20.2 Å². The summed E-state index contributed by atoms with van der Waals surface area (Å²) in [7, 11) is 0. The van der Waals surface area contributed by atoms with Crippen LogP contribution in [0.3, 0.4) is 0 Å². The molecule has 1 atom stereocenters. The van der Waals surface area contributed by atoms with Crippen molar-refractivity contribution in [2.75, 3.05) is 6.61 Å². The Bertz CT molecular complexity index is 536. The molecule has 0 aliphatic heterocycles. The highest BCUT2D eigenvalue weighted by Crippen LogP contribution is 2.56. The molecule has 0 spiro atoms. The van der Waals surface area contributed by atoms with Gasteiger partial charge < -0.3 is 5.11 Å². The summed E-state index contributed by atoms with van der Waals surface area (Å²) in [5.41, 5.74) is -4.49. The minimum Gasteiger partial charge on any atom is -0.396 e. The van der Waals surface area contributed by atoms with E-state index >= 15 is 0 Å². The molecule has 27 heavy (non-hydrogen) atoms. The summed E-state index contributed by atoms with van der Waals surface area (Å²) in [6, 6.07) is 0. The summed E-state index contributed by atoms with van der Waals surface area (Å²) in [6.07, 6.45) is -10.2. The number of halogens is 11. The minimum absolute atomic E-state index is 0.436. The Morgan fingerprint density at radius 1 is 0.815 bits per heavy atom. The molecule has 1 nitrogen and oxygen atoms in total. The van der Waals surface area contributed by atoms with Crippen molar-refractivity contribution in [1.29, 1.82) is 0 Å². The lowest BCUT2D eigenvalue weighted by atomic mass is 9.76. The minimum atomic E-state index is -7.16. The largest absolute Gasteiger partial charge is 0.460 e. The molecule has 0 fully saturated rings. The Hall–Kier alpha value is -1.07. The van der Waals surface area contributed by atoms with Gasteiger partial charge in [-0.15, -0.1) is 0 Å². The Morgan fingerprint density at radius 2 is 1.26 bits per heavy atom. The maximum atomic E-state index is 14.4. The number of aliphatic hydroxyl groups is 1. The van der Waals surface area contributed by atoms with E-state index in [2.05, 4.69) is 0 Å². The highest BCUT2D eigenvalue weighted by Gasteiger charge is 2.82. The normalized spacial score (nSPS) is 17.8. The van der Waals surface area contributed by atoms with Crippen molar-refractivity contribution in [2.24, 2.45) is 5.41 Å².